The summed E-state index contributed by atoms with van der Waals surface area (Å²) in [6, 6.07) is 5.85. The van der Waals surface area contributed by atoms with Crippen molar-refractivity contribution < 1.29 is 22.8 Å². The predicted octanol–water partition coefficient (Wildman–Crippen LogP) is -0.267. The van der Waals surface area contributed by atoms with Crippen LogP contribution in [0, 0.1) is 0 Å². The fourth-order valence-electron chi connectivity index (χ4n) is 2.58. The average Bonchev–Trinajstić information content (AvgIpc) is 3.04. The maximum atomic E-state index is 12.3. The van der Waals surface area contributed by atoms with Gasteiger partial charge in [0.15, 0.2) is 0 Å². The molecule has 0 atom stereocenters. The molecule has 0 aromatic heterocycles. The van der Waals surface area contributed by atoms with E-state index in [2.05, 4.69) is 15.4 Å². The van der Waals surface area contributed by atoms with Crippen LogP contribution in [-0.4, -0.2) is 51.8 Å². The summed E-state index contributed by atoms with van der Waals surface area (Å²) in [5.41, 5.74) is 0.644. The van der Waals surface area contributed by atoms with Crippen LogP contribution < -0.4 is 20.3 Å². The fraction of sp³-hybridized carbons (Fsp3) is 0.471. The summed E-state index contributed by atoms with van der Waals surface area (Å²) in [7, 11) is -3.88. The minimum absolute atomic E-state index is 0.0109. The van der Waals surface area contributed by atoms with Gasteiger partial charge in [-0.1, -0.05) is 0 Å². The lowest BCUT2D eigenvalue weighted by Gasteiger charge is -2.16. The zero-order chi connectivity index (χ0) is 20.0. The van der Waals surface area contributed by atoms with E-state index in [9.17, 15) is 22.8 Å². The van der Waals surface area contributed by atoms with Crippen molar-refractivity contribution in [3.05, 3.63) is 24.3 Å². The normalized spacial score (nSPS) is 14.5. The summed E-state index contributed by atoms with van der Waals surface area (Å²) in [5.74, 6) is -0.952. The van der Waals surface area contributed by atoms with Crippen molar-refractivity contribution in [2.45, 2.75) is 37.6 Å². The smallest absolute Gasteiger partial charge is 0.241 e. The number of sulfonamides is 1. The van der Waals surface area contributed by atoms with Crippen LogP contribution in [0.3, 0.4) is 0 Å². The van der Waals surface area contributed by atoms with Crippen LogP contribution >= 0.6 is 0 Å². The van der Waals surface area contributed by atoms with Crippen LogP contribution in [0.5, 0.6) is 0 Å². The fourth-order valence-corrected chi connectivity index (χ4v) is 3.57. The van der Waals surface area contributed by atoms with E-state index in [0.717, 1.165) is 6.42 Å². The minimum Gasteiger partial charge on any atom is -0.352 e. The van der Waals surface area contributed by atoms with Gasteiger partial charge in [0.25, 0.3) is 0 Å². The van der Waals surface area contributed by atoms with Crippen molar-refractivity contribution in [1.82, 2.24) is 15.4 Å². The molecule has 3 amide bonds. The molecular weight excluding hydrogens is 372 g/mol. The molecule has 0 unspecified atom stereocenters. The molecule has 0 saturated carbocycles. The molecule has 1 aromatic rings. The summed E-state index contributed by atoms with van der Waals surface area (Å²) < 4.78 is 26.7. The van der Waals surface area contributed by atoms with Gasteiger partial charge in [-0.2, -0.15) is 0 Å². The molecule has 9 nitrogen and oxygen atoms in total. The highest BCUT2D eigenvalue weighted by Gasteiger charge is 2.22. The monoisotopic (exact) mass is 396 g/mol. The first-order valence-corrected chi connectivity index (χ1v) is 10.1. The third-order valence-electron chi connectivity index (χ3n) is 3.85. The second kappa shape index (κ2) is 8.96. The molecule has 0 aliphatic carbocycles. The molecule has 1 saturated heterocycles. The Kier molecular flexibility index (Phi) is 6.92. The van der Waals surface area contributed by atoms with Gasteiger partial charge in [-0.25, -0.2) is 13.1 Å². The van der Waals surface area contributed by atoms with Crippen molar-refractivity contribution in [2.24, 2.45) is 0 Å². The number of anilines is 1. The predicted molar refractivity (Wildman–Crippen MR) is 99.5 cm³/mol. The summed E-state index contributed by atoms with van der Waals surface area (Å²) in [6.07, 6.45) is 1.27. The molecule has 1 aromatic carbocycles. The zero-order valence-corrected chi connectivity index (χ0v) is 16.1. The molecule has 1 aliphatic rings. The van der Waals surface area contributed by atoms with Gasteiger partial charge in [0, 0.05) is 24.7 Å². The van der Waals surface area contributed by atoms with Gasteiger partial charge >= 0.3 is 0 Å². The molecule has 27 heavy (non-hydrogen) atoms. The van der Waals surface area contributed by atoms with Gasteiger partial charge in [0.05, 0.1) is 18.0 Å². The van der Waals surface area contributed by atoms with Crippen LogP contribution in [0.1, 0.15) is 26.7 Å². The topological polar surface area (TPSA) is 125 Å². The first-order valence-electron chi connectivity index (χ1n) is 8.65. The lowest BCUT2D eigenvalue weighted by Crippen LogP contribution is -2.43. The number of hydrogen-bond acceptors (Lipinski definition) is 5. The number of rotatable bonds is 8. The van der Waals surface area contributed by atoms with Crippen LogP contribution in [0.2, 0.25) is 0 Å². The number of hydrogen-bond donors (Lipinski definition) is 3. The van der Waals surface area contributed by atoms with E-state index in [1.54, 1.807) is 30.9 Å². The second-order valence-electron chi connectivity index (χ2n) is 6.47. The molecule has 1 heterocycles. The number of carbonyl (C=O) groups is 3. The van der Waals surface area contributed by atoms with Crippen LogP contribution in [-0.2, 0) is 24.4 Å². The first-order chi connectivity index (χ1) is 12.7. The lowest BCUT2D eigenvalue weighted by atomic mass is 10.3. The quantitative estimate of drug-likeness (QED) is 0.558. The third-order valence-corrected chi connectivity index (χ3v) is 5.27. The number of nitrogens with one attached hydrogen (secondary N) is 3. The van der Waals surface area contributed by atoms with E-state index in [0.29, 0.717) is 18.7 Å². The molecule has 1 fully saturated rings. The van der Waals surface area contributed by atoms with Gasteiger partial charge in [0.2, 0.25) is 27.7 Å². The highest BCUT2D eigenvalue weighted by Crippen LogP contribution is 2.22. The summed E-state index contributed by atoms with van der Waals surface area (Å²) in [4.78, 5) is 36.5. The van der Waals surface area contributed by atoms with E-state index >= 15 is 0 Å². The van der Waals surface area contributed by atoms with Gasteiger partial charge in [-0.3, -0.25) is 14.4 Å². The lowest BCUT2D eigenvalue weighted by molar-refractivity contribution is -0.125. The molecule has 0 bridgehead atoms. The minimum atomic E-state index is -3.88. The highest BCUT2D eigenvalue weighted by molar-refractivity contribution is 7.89. The van der Waals surface area contributed by atoms with Gasteiger partial charge in [0.1, 0.15) is 0 Å². The van der Waals surface area contributed by atoms with Crippen molar-refractivity contribution in [2.75, 3.05) is 24.5 Å². The van der Waals surface area contributed by atoms with Crippen molar-refractivity contribution >= 4 is 33.4 Å². The van der Waals surface area contributed by atoms with Crippen molar-refractivity contribution in [1.29, 1.82) is 0 Å². The molecular formula is C17H24N4O5S. The highest BCUT2D eigenvalue weighted by atomic mass is 32.2. The molecule has 10 heteroatoms. The van der Waals surface area contributed by atoms with E-state index in [1.807, 2.05) is 0 Å². The average molecular weight is 396 g/mol. The Bertz CT molecular complexity index is 805. The van der Waals surface area contributed by atoms with Gasteiger partial charge < -0.3 is 15.5 Å². The Labute approximate surface area is 158 Å². The van der Waals surface area contributed by atoms with Crippen LogP contribution in [0.4, 0.5) is 5.69 Å². The maximum Gasteiger partial charge on any atom is 0.241 e. The second-order valence-corrected chi connectivity index (χ2v) is 8.23. The molecule has 1 aliphatic heterocycles. The Hall–Kier alpha value is -2.46. The molecule has 0 spiro atoms. The SMILES string of the molecule is CC(C)NC(=O)CNC(=O)CNS(=O)(=O)c1ccc(N2CCCC2=O)cc1. The first kappa shape index (κ1) is 20.8. The largest absolute Gasteiger partial charge is 0.352 e. The summed E-state index contributed by atoms with van der Waals surface area (Å²) >= 11 is 0. The zero-order valence-electron chi connectivity index (χ0n) is 15.3. The Morgan fingerprint density at radius 3 is 2.33 bits per heavy atom. The molecule has 148 valence electrons. The Balaban J connectivity index is 1.87. The van der Waals surface area contributed by atoms with E-state index in [4.69, 9.17) is 0 Å². The standard InChI is InChI=1S/C17H24N4O5S/c1-12(2)20-16(23)10-18-15(22)11-19-27(25,26)14-7-5-13(6-8-14)21-9-3-4-17(21)24/h5-8,12,19H,3-4,9-11H2,1-2H3,(H,18,22)(H,20,23). The van der Waals surface area contributed by atoms with Crippen LogP contribution in [0.15, 0.2) is 29.2 Å². The number of benzene rings is 1. The molecule has 0 radical (unpaired) electrons. The Morgan fingerprint density at radius 1 is 1.11 bits per heavy atom. The summed E-state index contributed by atoms with van der Waals surface area (Å²) in [5, 5.41) is 4.95. The van der Waals surface area contributed by atoms with E-state index < -0.39 is 22.5 Å². The third kappa shape index (κ3) is 6.04. The van der Waals surface area contributed by atoms with E-state index in [-0.39, 0.29) is 29.3 Å². The van der Waals surface area contributed by atoms with Gasteiger partial charge in [-0.05, 0) is 44.5 Å². The van der Waals surface area contributed by atoms with Gasteiger partial charge in [-0.15, -0.1) is 0 Å². The van der Waals surface area contributed by atoms with Crippen LogP contribution in [0.25, 0.3) is 0 Å². The summed E-state index contributed by atoms with van der Waals surface area (Å²) in [6.45, 7) is 3.49. The Morgan fingerprint density at radius 2 is 1.78 bits per heavy atom. The molecule has 2 rings (SSSR count). The maximum absolute atomic E-state index is 12.3. The molecule has 3 N–H and O–H groups in total. The number of nitrogens with zero attached hydrogens (tertiary/aromatic N) is 1. The van der Waals surface area contributed by atoms with Crippen molar-refractivity contribution in [3.8, 4) is 0 Å². The van der Waals surface area contributed by atoms with Crippen molar-refractivity contribution in [3.63, 3.8) is 0 Å². The van der Waals surface area contributed by atoms with E-state index in [1.165, 1.54) is 12.1 Å². The number of amides is 3. The number of carbonyl (C=O) groups excluding carboxylic acids is 3.